The molecule has 3 aromatic rings. The monoisotopic (exact) mass is 529 g/mol. The second-order valence-corrected chi connectivity index (χ2v) is 10.9. The van der Waals surface area contributed by atoms with Gasteiger partial charge in [-0.25, -0.2) is 0 Å². The summed E-state index contributed by atoms with van der Waals surface area (Å²) in [4.78, 5) is 31.0. The van der Waals surface area contributed by atoms with Gasteiger partial charge in [-0.05, 0) is 66.4 Å². The third kappa shape index (κ3) is 4.73. The van der Waals surface area contributed by atoms with Gasteiger partial charge in [-0.1, -0.05) is 54.1 Å². The Bertz CT molecular complexity index is 1340. The summed E-state index contributed by atoms with van der Waals surface area (Å²) in [6, 6.07) is 23.6. The smallest absolute Gasteiger partial charge is 0.251 e. The molecule has 0 bridgehead atoms. The fourth-order valence-corrected chi connectivity index (χ4v) is 6.15. The number of carbonyl (C=O) groups is 2. The van der Waals surface area contributed by atoms with Crippen LogP contribution in [0, 0.1) is 0 Å². The Balaban J connectivity index is 1.13. The molecule has 1 saturated carbocycles. The zero-order chi connectivity index (χ0) is 26.1. The van der Waals surface area contributed by atoms with Crippen LogP contribution in [-0.2, 0) is 21.5 Å². The Labute approximate surface area is 228 Å². The van der Waals surface area contributed by atoms with E-state index in [2.05, 4.69) is 16.3 Å². The zero-order valence-electron chi connectivity index (χ0n) is 21.4. The number of anilines is 1. The van der Waals surface area contributed by atoms with Gasteiger partial charge in [-0.2, -0.15) is 0 Å². The van der Waals surface area contributed by atoms with Crippen LogP contribution in [0.15, 0.2) is 72.8 Å². The summed E-state index contributed by atoms with van der Waals surface area (Å²) in [5.41, 5.74) is 4.25. The fraction of sp³-hybridized carbons (Fsp3) is 0.355. The lowest BCUT2D eigenvalue weighted by Gasteiger charge is -2.26. The lowest BCUT2D eigenvalue weighted by Crippen LogP contribution is -2.38. The SMILES string of the molecule is O=C(NCCCN1CCOCC1)c1cccc(CN2C(=O)[C@]3(C[C@@H]3c3ccc(Cl)cc3)c3ccccc32)c1. The molecular formula is C31H32ClN3O3. The Morgan fingerprint density at radius 3 is 2.63 bits per heavy atom. The van der Waals surface area contributed by atoms with E-state index in [4.69, 9.17) is 16.3 Å². The molecule has 7 heteroatoms. The molecule has 196 valence electrons. The average molecular weight is 530 g/mol. The van der Waals surface area contributed by atoms with E-state index in [1.807, 2.05) is 71.6 Å². The zero-order valence-corrected chi connectivity index (χ0v) is 22.1. The molecule has 0 unspecified atom stereocenters. The van der Waals surface area contributed by atoms with Crippen molar-refractivity contribution in [2.45, 2.75) is 30.7 Å². The van der Waals surface area contributed by atoms with Gasteiger partial charge in [0.2, 0.25) is 5.91 Å². The van der Waals surface area contributed by atoms with E-state index in [0.29, 0.717) is 23.7 Å². The first-order chi connectivity index (χ1) is 18.6. The standard InChI is InChI=1S/C31H32ClN3O3/c32-25-11-9-23(10-12-25)27-20-31(27)26-7-1-2-8-28(26)35(30(31)37)21-22-5-3-6-24(19-22)29(36)33-13-4-14-34-15-17-38-18-16-34/h1-3,5-12,19,27H,4,13-18,20-21H2,(H,33,36)/t27-,31-/m1/s1. The third-order valence-electron chi connectivity index (χ3n) is 8.11. The number of benzene rings is 3. The summed E-state index contributed by atoms with van der Waals surface area (Å²) < 4.78 is 5.39. The fourth-order valence-electron chi connectivity index (χ4n) is 6.03. The molecule has 2 amide bonds. The number of ether oxygens (including phenoxy) is 1. The van der Waals surface area contributed by atoms with Crippen molar-refractivity contribution in [1.82, 2.24) is 10.2 Å². The van der Waals surface area contributed by atoms with Gasteiger partial charge in [-0.3, -0.25) is 14.5 Å². The summed E-state index contributed by atoms with van der Waals surface area (Å²) in [6.45, 7) is 5.50. The maximum Gasteiger partial charge on any atom is 0.251 e. The quantitative estimate of drug-likeness (QED) is 0.427. The highest BCUT2D eigenvalue weighted by molar-refractivity contribution is 6.30. The summed E-state index contributed by atoms with van der Waals surface area (Å²) >= 11 is 6.10. The van der Waals surface area contributed by atoms with Gasteiger partial charge in [0.15, 0.2) is 0 Å². The number of carbonyl (C=O) groups excluding carboxylic acids is 2. The van der Waals surface area contributed by atoms with Crippen LogP contribution in [0.25, 0.3) is 0 Å². The predicted molar refractivity (Wildman–Crippen MR) is 149 cm³/mol. The van der Waals surface area contributed by atoms with Crippen molar-refractivity contribution in [3.05, 3.63) is 100 Å². The summed E-state index contributed by atoms with van der Waals surface area (Å²) in [5.74, 6) is 0.202. The first kappa shape index (κ1) is 25.1. The van der Waals surface area contributed by atoms with Crippen LogP contribution in [0.4, 0.5) is 5.69 Å². The van der Waals surface area contributed by atoms with Crippen molar-refractivity contribution in [2.24, 2.45) is 0 Å². The number of nitrogens with zero attached hydrogens (tertiary/aromatic N) is 2. The minimum Gasteiger partial charge on any atom is -0.379 e. The van der Waals surface area contributed by atoms with E-state index in [1.165, 1.54) is 0 Å². The number of hydrogen-bond acceptors (Lipinski definition) is 4. The molecule has 1 N–H and O–H groups in total. The molecule has 1 saturated heterocycles. The molecular weight excluding hydrogens is 498 g/mol. The molecule has 6 nitrogen and oxygen atoms in total. The number of nitrogens with one attached hydrogen (secondary N) is 1. The maximum atomic E-state index is 13.9. The number of fused-ring (bicyclic) bond motifs is 2. The minimum atomic E-state index is -0.514. The van der Waals surface area contributed by atoms with Crippen molar-refractivity contribution < 1.29 is 14.3 Å². The second-order valence-electron chi connectivity index (χ2n) is 10.5. The molecule has 3 aliphatic rings. The Morgan fingerprint density at radius 2 is 1.82 bits per heavy atom. The van der Waals surface area contributed by atoms with Gasteiger partial charge in [0.1, 0.15) is 0 Å². The van der Waals surface area contributed by atoms with E-state index in [9.17, 15) is 9.59 Å². The highest BCUT2D eigenvalue weighted by atomic mass is 35.5. The molecule has 2 heterocycles. The van der Waals surface area contributed by atoms with Gasteiger partial charge >= 0.3 is 0 Å². The number of rotatable bonds is 8. The summed E-state index contributed by atoms with van der Waals surface area (Å²) in [7, 11) is 0. The molecule has 2 atom stereocenters. The number of amides is 2. The lowest BCUT2D eigenvalue weighted by molar-refractivity contribution is -0.120. The molecule has 2 aliphatic heterocycles. The second kappa shape index (κ2) is 10.5. The topological polar surface area (TPSA) is 61.9 Å². The number of para-hydroxylation sites is 1. The molecule has 0 radical (unpaired) electrons. The van der Waals surface area contributed by atoms with E-state index < -0.39 is 5.41 Å². The largest absolute Gasteiger partial charge is 0.379 e. The van der Waals surface area contributed by atoms with Crippen LogP contribution in [0.1, 0.15) is 45.8 Å². The van der Waals surface area contributed by atoms with Crippen molar-refractivity contribution in [2.75, 3.05) is 44.3 Å². The first-order valence-corrected chi connectivity index (χ1v) is 13.8. The highest BCUT2D eigenvalue weighted by Gasteiger charge is 2.67. The third-order valence-corrected chi connectivity index (χ3v) is 8.36. The van der Waals surface area contributed by atoms with Gasteiger partial charge in [-0.15, -0.1) is 0 Å². The van der Waals surface area contributed by atoms with Crippen molar-refractivity contribution in [3.8, 4) is 0 Å². The molecule has 6 rings (SSSR count). The minimum absolute atomic E-state index is 0.0801. The maximum absolute atomic E-state index is 13.9. The van der Waals surface area contributed by atoms with Crippen LogP contribution in [-0.4, -0.2) is 56.1 Å². The Kier molecular flexibility index (Phi) is 6.95. The van der Waals surface area contributed by atoms with Crippen LogP contribution < -0.4 is 10.2 Å². The summed E-state index contributed by atoms with van der Waals surface area (Å²) in [5, 5.41) is 3.75. The van der Waals surface area contributed by atoms with E-state index >= 15 is 0 Å². The highest BCUT2D eigenvalue weighted by Crippen LogP contribution is 2.66. The molecule has 0 aromatic heterocycles. The average Bonchev–Trinajstić information content (AvgIpc) is 3.67. The van der Waals surface area contributed by atoms with E-state index in [-0.39, 0.29) is 17.7 Å². The molecule has 3 aromatic carbocycles. The molecule has 38 heavy (non-hydrogen) atoms. The van der Waals surface area contributed by atoms with Crippen LogP contribution >= 0.6 is 11.6 Å². The number of halogens is 1. The number of morpholine rings is 1. The van der Waals surface area contributed by atoms with E-state index in [1.54, 1.807) is 0 Å². The van der Waals surface area contributed by atoms with Gasteiger partial charge < -0.3 is 15.0 Å². The van der Waals surface area contributed by atoms with Gasteiger partial charge in [0, 0.05) is 41.8 Å². The predicted octanol–water partition coefficient (Wildman–Crippen LogP) is 4.76. The molecule has 2 fully saturated rings. The Morgan fingerprint density at radius 1 is 1.03 bits per heavy atom. The molecule has 1 spiro atoms. The number of hydrogen-bond donors (Lipinski definition) is 1. The lowest BCUT2D eigenvalue weighted by atomic mass is 9.92. The first-order valence-electron chi connectivity index (χ1n) is 13.4. The van der Waals surface area contributed by atoms with E-state index in [0.717, 1.165) is 68.1 Å². The van der Waals surface area contributed by atoms with Crippen molar-refractivity contribution in [1.29, 1.82) is 0 Å². The van der Waals surface area contributed by atoms with Crippen LogP contribution in [0.5, 0.6) is 0 Å². The summed E-state index contributed by atoms with van der Waals surface area (Å²) in [6.07, 6.45) is 1.70. The van der Waals surface area contributed by atoms with Gasteiger partial charge in [0.05, 0.1) is 25.2 Å². The normalized spacial score (nSPS) is 22.5. The van der Waals surface area contributed by atoms with Crippen molar-refractivity contribution >= 4 is 29.1 Å². The Hall–Kier alpha value is -3.19. The van der Waals surface area contributed by atoms with Crippen LogP contribution in [0.3, 0.4) is 0 Å². The van der Waals surface area contributed by atoms with Gasteiger partial charge in [0.25, 0.3) is 5.91 Å². The molecule has 1 aliphatic carbocycles. The van der Waals surface area contributed by atoms with Crippen LogP contribution in [0.2, 0.25) is 5.02 Å². The van der Waals surface area contributed by atoms with Crippen molar-refractivity contribution in [3.63, 3.8) is 0 Å².